The molecule has 0 radical (unpaired) electrons. The number of hydrogen-bond acceptors (Lipinski definition) is 4. The third kappa shape index (κ3) is 3.57. The van der Waals surface area contributed by atoms with Gasteiger partial charge in [0.1, 0.15) is 0 Å². The zero-order valence-corrected chi connectivity index (χ0v) is 12.8. The summed E-state index contributed by atoms with van der Waals surface area (Å²) < 4.78 is 0. The summed E-state index contributed by atoms with van der Waals surface area (Å²) in [5.74, 6) is -0.0382. The molecule has 0 aliphatic carbocycles. The van der Waals surface area contributed by atoms with Gasteiger partial charge in [-0.2, -0.15) is 0 Å². The van der Waals surface area contributed by atoms with Crippen LogP contribution in [0.4, 0.5) is 5.13 Å². The average Bonchev–Trinajstić information content (AvgIpc) is 2.77. The molecular weight excluding hydrogens is 270 g/mol. The number of anilines is 1. The number of nitrogens with one attached hydrogen (secondary N) is 1. The fraction of sp³-hybridized carbons (Fsp3) is 0.333. The molecule has 0 aliphatic heterocycles. The van der Waals surface area contributed by atoms with Crippen LogP contribution in [0, 0.1) is 13.8 Å². The lowest BCUT2D eigenvalue weighted by molar-refractivity contribution is -0.121. The molecule has 1 unspecified atom stereocenters. The number of hydrogen-bond donors (Lipinski definition) is 2. The standard InChI is InChI=1S/C15H19N3OS/c1-9-4-5-10(2)13(6-9)11(3)17-14(19)7-12-8-20-15(16)18-12/h4-6,8,11H,7H2,1-3H3,(H2,16,18)(H,17,19). The van der Waals surface area contributed by atoms with E-state index in [0.717, 1.165) is 11.3 Å². The summed E-state index contributed by atoms with van der Waals surface area (Å²) in [6, 6.07) is 6.25. The first-order valence-corrected chi connectivity index (χ1v) is 7.40. The van der Waals surface area contributed by atoms with Crippen molar-refractivity contribution in [2.24, 2.45) is 0 Å². The molecule has 1 aromatic carbocycles. The lowest BCUT2D eigenvalue weighted by Gasteiger charge is -2.17. The molecule has 1 heterocycles. The summed E-state index contributed by atoms with van der Waals surface area (Å²) in [5, 5.41) is 5.32. The molecule has 1 atom stereocenters. The van der Waals surface area contributed by atoms with E-state index < -0.39 is 0 Å². The van der Waals surface area contributed by atoms with Crippen molar-refractivity contribution in [2.75, 3.05) is 5.73 Å². The molecule has 3 N–H and O–H groups in total. The van der Waals surface area contributed by atoms with Crippen molar-refractivity contribution in [3.8, 4) is 0 Å². The molecule has 106 valence electrons. The van der Waals surface area contributed by atoms with Crippen molar-refractivity contribution in [3.05, 3.63) is 46.0 Å². The predicted molar refractivity (Wildman–Crippen MR) is 82.7 cm³/mol. The summed E-state index contributed by atoms with van der Waals surface area (Å²) in [7, 11) is 0. The van der Waals surface area contributed by atoms with Crippen LogP contribution in [0.2, 0.25) is 0 Å². The van der Waals surface area contributed by atoms with Gasteiger partial charge in [-0.3, -0.25) is 4.79 Å². The van der Waals surface area contributed by atoms with Gasteiger partial charge in [0.2, 0.25) is 5.91 Å². The maximum Gasteiger partial charge on any atom is 0.226 e. The Morgan fingerprint density at radius 3 is 2.85 bits per heavy atom. The second kappa shape index (κ2) is 6.05. The second-order valence-electron chi connectivity index (χ2n) is 5.00. The summed E-state index contributed by atoms with van der Waals surface area (Å²) in [6.45, 7) is 6.10. The number of nitrogen functional groups attached to an aromatic ring is 1. The van der Waals surface area contributed by atoms with Gasteiger partial charge in [-0.15, -0.1) is 11.3 Å². The van der Waals surface area contributed by atoms with Crippen LogP contribution in [0.15, 0.2) is 23.6 Å². The zero-order chi connectivity index (χ0) is 14.7. The van der Waals surface area contributed by atoms with Gasteiger partial charge in [-0.1, -0.05) is 23.8 Å². The zero-order valence-electron chi connectivity index (χ0n) is 11.9. The monoisotopic (exact) mass is 289 g/mol. The van der Waals surface area contributed by atoms with Crippen LogP contribution in [0.1, 0.15) is 35.3 Å². The number of aromatic nitrogens is 1. The number of amides is 1. The first-order chi connectivity index (χ1) is 9.45. The Morgan fingerprint density at radius 2 is 2.20 bits per heavy atom. The van der Waals surface area contributed by atoms with Gasteiger partial charge in [0.15, 0.2) is 5.13 Å². The lowest BCUT2D eigenvalue weighted by atomic mass is 10.00. The third-order valence-corrected chi connectivity index (χ3v) is 3.91. The van der Waals surface area contributed by atoms with Crippen LogP contribution in [0.25, 0.3) is 0 Å². The lowest BCUT2D eigenvalue weighted by Crippen LogP contribution is -2.28. The fourth-order valence-corrected chi connectivity index (χ4v) is 2.73. The van der Waals surface area contributed by atoms with Crippen LogP contribution in [-0.2, 0) is 11.2 Å². The number of nitrogens with zero attached hydrogens (tertiary/aromatic N) is 1. The number of thiazole rings is 1. The average molecular weight is 289 g/mol. The Bertz CT molecular complexity index is 621. The second-order valence-corrected chi connectivity index (χ2v) is 5.89. The van der Waals surface area contributed by atoms with Crippen molar-refractivity contribution in [3.63, 3.8) is 0 Å². The van der Waals surface area contributed by atoms with Gasteiger partial charge in [0, 0.05) is 5.38 Å². The van der Waals surface area contributed by atoms with Crippen LogP contribution < -0.4 is 11.1 Å². The summed E-state index contributed by atoms with van der Waals surface area (Å²) >= 11 is 1.35. The number of carbonyl (C=O) groups excluding carboxylic acids is 1. The highest BCUT2D eigenvalue weighted by Crippen LogP contribution is 2.19. The largest absolute Gasteiger partial charge is 0.375 e. The number of aryl methyl sites for hydroxylation is 2. The first-order valence-electron chi connectivity index (χ1n) is 6.52. The topological polar surface area (TPSA) is 68.0 Å². The Kier molecular flexibility index (Phi) is 4.39. The molecule has 5 heteroatoms. The van der Waals surface area contributed by atoms with Crippen molar-refractivity contribution >= 4 is 22.4 Å². The van der Waals surface area contributed by atoms with Crippen molar-refractivity contribution in [1.82, 2.24) is 10.3 Å². The first kappa shape index (κ1) is 14.5. The van der Waals surface area contributed by atoms with Crippen LogP contribution in [-0.4, -0.2) is 10.9 Å². The van der Waals surface area contributed by atoms with E-state index in [0.29, 0.717) is 5.13 Å². The highest BCUT2D eigenvalue weighted by molar-refractivity contribution is 7.13. The number of benzene rings is 1. The predicted octanol–water partition coefficient (Wildman–Crippen LogP) is 2.76. The molecule has 1 aromatic heterocycles. The maximum absolute atomic E-state index is 12.0. The number of carbonyl (C=O) groups is 1. The van der Waals surface area contributed by atoms with E-state index in [1.54, 1.807) is 0 Å². The van der Waals surface area contributed by atoms with E-state index in [9.17, 15) is 4.79 Å². The quantitative estimate of drug-likeness (QED) is 0.909. The molecule has 20 heavy (non-hydrogen) atoms. The normalized spacial score (nSPS) is 12.2. The molecule has 0 saturated heterocycles. The van der Waals surface area contributed by atoms with Gasteiger partial charge in [0.05, 0.1) is 18.2 Å². The minimum absolute atomic E-state index is 0.0154. The van der Waals surface area contributed by atoms with E-state index in [2.05, 4.69) is 42.3 Å². The van der Waals surface area contributed by atoms with Gasteiger partial charge in [-0.25, -0.2) is 4.98 Å². The van der Waals surface area contributed by atoms with Gasteiger partial charge >= 0.3 is 0 Å². The van der Waals surface area contributed by atoms with Crippen LogP contribution in [0.3, 0.4) is 0 Å². The smallest absolute Gasteiger partial charge is 0.226 e. The Hall–Kier alpha value is -1.88. The highest BCUT2D eigenvalue weighted by Gasteiger charge is 2.13. The van der Waals surface area contributed by atoms with Gasteiger partial charge in [0.25, 0.3) is 0 Å². The summed E-state index contributed by atoms with van der Waals surface area (Å²) in [6.07, 6.45) is 0.267. The number of nitrogens with two attached hydrogens (primary N) is 1. The van der Waals surface area contributed by atoms with Crippen LogP contribution in [0.5, 0.6) is 0 Å². The molecule has 2 rings (SSSR count). The molecule has 0 aliphatic rings. The number of rotatable bonds is 4. The fourth-order valence-electron chi connectivity index (χ4n) is 2.17. The minimum atomic E-state index is -0.0382. The van der Waals surface area contributed by atoms with E-state index in [1.807, 2.05) is 12.3 Å². The van der Waals surface area contributed by atoms with Crippen molar-refractivity contribution in [2.45, 2.75) is 33.2 Å². The van der Waals surface area contributed by atoms with Crippen LogP contribution >= 0.6 is 11.3 Å². The Labute approximate surface area is 123 Å². The molecule has 2 aromatic rings. The summed E-state index contributed by atoms with van der Waals surface area (Å²) in [5.41, 5.74) is 9.80. The van der Waals surface area contributed by atoms with Gasteiger partial charge < -0.3 is 11.1 Å². The SMILES string of the molecule is Cc1ccc(C)c(C(C)NC(=O)Cc2csc(N)n2)c1. The van der Waals surface area contributed by atoms with E-state index in [4.69, 9.17) is 5.73 Å². The van der Waals surface area contributed by atoms with E-state index in [1.165, 1.54) is 22.5 Å². The molecule has 0 saturated carbocycles. The molecule has 0 fully saturated rings. The molecule has 4 nitrogen and oxygen atoms in total. The minimum Gasteiger partial charge on any atom is -0.375 e. The molecule has 0 spiro atoms. The van der Waals surface area contributed by atoms with Gasteiger partial charge in [-0.05, 0) is 31.9 Å². The van der Waals surface area contributed by atoms with E-state index in [-0.39, 0.29) is 18.4 Å². The van der Waals surface area contributed by atoms with E-state index >= 15 is 0 Å². The molecular formula is C15H19N3OS. The third-order valence-electron chi connectivity index (χ3n) is 3.19. The molecule has 1 amide bonds. The van der Waals surface area contributed by atoms with Crippen molar-refractivity contribution in [1.29, 1.82) is 0 Å². The molecule has 0 bridgehead atoms. The summed E-state index contributed by atoms with van der Waals surface area (Å²) in [4.78, 5) is 16.1. The van der Waals surface area contributed by atoms with Crippen molar-refractivity contribution < 1.29 is 4.79 Å². The Morgan fingerprint density at radius 1 is 1.45 bits per heavy atom. The highest BCUT2D eigenvalue weighted by atomic mass is 32.1. The maximum atomic E-state index is 12.0. The Balaban J connectivity index is 2.01.